The summed E-state index contributed by atoms with van der Waals surface area (Å²) in [6.07, 6.45) is 2.77. The summed E-state index contributed by atoms with van der Waals surface area (Å²) in [6.45, 7) is 5.82. The number of nitrogens with two attached hydrogens (primary N) is 1. The van der Waals surface area contributed by atoms with Crippen LogP contribution >= 0.6 is 0 Å². The van der Waals surface area contributed by atoms with Crippen molar-refractivity contribution in [1.29, 1.82) is 0 Å². The molecule has 3 heteroatoms. The smallest absolute Gasteiger partial charge is 0.0713 e. The number of hydrogen-bond acceptors (Lipinski definition) is 3. The highest BCUT2D eigenvalue weighted by molar-refractivity contribution is 5.26. The van der Waals surface area contributed by atoms with Crippen molar-refractivity contribution < 1.29 is 4.74 Å². The molecule has 0 aromatic heterocycles. The molecule has 2 rings (SSSR count). The largest absolute Gasteiger partial charge is 0.380 e. The fourth-order valence-corrected chi connectivity index (χ4v) is 2.66. The van der Waals surface area contributed by atoms with E-state index >= 15 is 0 Å². The molecule has 1 aromatic rings. The highest BCUT2D eigenvalue weighted by Crippen LogP contribution is 2.32. The molecule has 1 aromatic carbocycles. The van der Waals surface area contributed by atoms with Crippen LogP contribution in [0.2, 0.25) is 0 Å². The van der Waals surface area contributed by atoms with Gasteiger partial charge in [0.25, 0.3) is 0 Å². The Morgan fingerprint density at radius 3 is 2.79 bits per heavy atom. The molecular formula is C16H26N2O. The predicted molar refractivity (Wildman–Crippen MR) is 78.9 cm³/mol. The Labute approximate surface area is 116 Å². The van der Waals surface area contributed by atoms with Gasteiger partial charge in [0.2, 0.25) is 0 Å². The van der Waals surface area contributed by atoms with E-state index in [-0.39, 0.29) is 0 Å². The first-order valence-corrected chi connectivity index (χ1v) is 7.30. The first-order valence-electron chi connectivity index (χ1n) is 7.30. The van der Waals surface area contributed by atoms with Crippen molar-refractivity contribution in [3.8, 4) is 0 Å². The van der Waals surface area contributed by atoms with Crippen molar-refractivity contribution in [2.24, 2.45) is 11.7 Å². The molecular weight excluding hydrogens is 236 g/mol. The number of methoxy groups -OCH3 is 1. The van der Waals surface area contributed by atoms with Gasteiger partial charge in [0, 0.05) is 26.2 Å². The lowest BCUT2D eigenvalue weighted by atomic mass is 10.0. The van der Waals surface area contributed by atoms with Crippen molar-refractivity contribution in [3.63, 3.8) is 0 Å². The summed E-state index contributed by atoms with van der Waals surface area (Å²) in [5.41, 5.74) is 8.57. The molecule has 0 aliphatic heterocycles. The number of nitrogens with zero attached hydrogens (tertiary/aromatic N) is 1. The van der Waals surface area contributed by atoms with Crippen molar-refractivity contribution in [3.05, 3.63) is 35.4 Å². The van der Waals surface area contributed by atoms with E-state index in [1.54, 1.807) is 7.11 Å². The topological polar surface area (TPSA) is 38.5 Å². The number of benzene rings is 1. The van der Waals surface area contributed by atoms with Crippen molar-refractivity contribution in [2.45, 2.75) is 32.4 Å². The third-order valence-corrected chi connectivity index (χ3v) is 3.91. The molecule has 2 N–H and O–H groups in total. The van der Waals surface area contributed by atoms with Crippen molar-refractivity contribution in [1.82, 2.24) is 4.90 Å². The van der Waals surface area contributed by atoms with E-state index in [0.717, 1.165) is 12.5 Å². The average Bonchev–Trinajstić information content (AvgIpc) is 3.23. The van der Waals surface area contributed by atoms with Crippen molar-refractivity contribution >= 4 is 0 Å². The highest BCUT2D eigenvalue weighted by Gasteiger charge is 2.27. The zero-order chi connectivity index (χ0) is 13.7. The summed E-state index contributed by atoms with van der Waals surface area (Å²) in [7, 11) is 1.73. The zero-order valence-electron chi connectivity index (χ0n) is 12.1. The van der Waals surface area contributed by atoms with Gasteiger partial charge in [0.15, 0.2) is 0 Å². The van der Waals surface area contributed by atoms with E-state index < -0.39 is 0 Å². The second kappa shape index (κ2) is 7.04. The van der Waals surface area contributed by atoms with Gasteiger partial charge in [-0.15, -0.1) is 0 Å². The van der Waals surface area contributed by atoms with E-state index in [1.807, 2.05) is 0 Å². The molecule has 0 amide bonds. The van der Waals surface area contributed by atoms with Crippen LogP contribution in [0.4, 0.5) is 0 Å². The van der Waals surface area contributed by atoms with Gasteiger partial charge in [-0.3, -0.25) is 4.90 Å². The maximum atomic E-state index is 6.03. The van der Waals surface area contributed by atoms with Crippen molar-refractivity contribution in [2.75, 3.05) is 26.7 Å². The van der Waals surface area contributed by atoms with E-state index in [9.17, 15) is 0 Å². The zero-order valence-corrected chi connectivity index (χ0v) is 12.1. The Bertz CT molecular complexity index is 390. The Kier molecular flexibility index (Phi) is 5.37. The molecule has 0 bridgehead atoms. The van der Waals surface area contributed by atoms with E-state index in [2.05, 4.69) is 36.1 Å². The van der Waals surface area contributed by atoms with Gasteiger partial charge in [-0.05, 0) is 36.4 Å². The molecule has 1 atom stereocenters. The fraction of sp³-hybridized carbons (Fsp3) is 0.625. The molecule has 0 spiro atoms. The highest BCUT2D eigenvalue weighted by atomic mass is 16.5. The van der Waals surface area contributed by atoms with Crippen LogP contribution in [0.15, 0.2) is 24.3 Å². The maximum Gasteiger partial charge on any atom is 0.0713 e. The third kappa shape index (κ3) is 4.03. The Balaban J connectivity index is 2.11. The Morgan fingerprint density at radius 1 is 1.42 bits per heavy atom. The predicted octanol–water partition coefficient (Wildman–Crippen LogP) is 2.56. The molecule has 0 radical (unpaired) electrons. The fourth-order valence-electron chi connectivity index (χ4n) is 2.66. The van der Waals surface area contributed by atoms with Gasteiger partial charge >= 0.3 is 0 Å². The van der Waals surface area contributed by atoms with Crippen LogP contribution in [0, 0.1) is 5.92 Å². The lowest BCUT2D eigenvalue weighted by Gasteiger charge is -2.30. The second-order valence-corrected chi connectivity index (χ2v) is 5.46. The Hall–Kier alpha value is -0.900. The molecule has 1 aliphatic rings. The maximum absolute atomic E-state index is 6.03. The lowest BCUT2D eigenvalue weighted by Crippen LogP contribution is -2.35. The first-order chi connectivity index (χ1) is 9.28. The lowest BCUT2D eigenvalue weighted by molar-refractivity contribution is 0.183. The van der Waals surface area contributed by atoms with Crippen LogP contribution < -0.4 is 5.73 Å². The van der Waals surface area contributed by atoms with Gasteiger partial charge in [-0.25, -0.2) is 0 Å². The second-order valence-electron chi connectivity index (χ2n) is 5.46. The molecule has 3 nitrogen and oxygen atoms in total. The number of likely N-dealkylation sites (N-methyl/N-ethyl adjacent to an activating group) is 1. The number of ether oxygens (including phenoxy) is 1. The summed E-state index contributed by atoms with van der Waals surface area (Å²) in [5.74, 6) is 0.899. The van der Waals surface area contributed by atoms with E-state index in [0.29, 0.717) is 19.2 Å². The molecule has 106 valence electrons. The normalized spacial score (nSPS) is 16.8. The van der Waals surface area contributed by atoms with E-state index in [4.69, 9.17) is 10.5 Å². The van der Waals surface area contributed by atoms with Crippen LogP contribution in [0.25, 0.3) is 0 Å². The standard InChI is InChI=1S/C16H26N2O/c1-3-18(11-13-7-8-13)16(10-17)15-6-4-5-14(9-15)12-19-2/h4-6,9,13,16H,3,7-8,10-12,17H2,1-2H3. The summed E-state index contributed by atoms with van der Waals surface area (Å²) in [6, 6.07) is 8.97. The number of hydrogen-bond donors (Lipinski definition) is 1. The molecule has 1 aliphatic carbocycles. The van der Waals surface area contributed by atoms with Gasteiger partial charge in [-0.2, -0.15) is 0 Å². The SMILES string of the molecule is CCN(CC1CC1)C(CN)c1cccc(COC)c1. The molecule has 1 fully saturated rings. The Morgan fingerprint density at radius 2 is 2.21 bits per heavy atom. The number of rotatable bonds is 8. The van der Waals surface area contributed by atoms with Crippen LogP contribution in [0.1, 0.15) is 36.9 Å². The molecule has 0 saturated heterocycles. The molecule has 1 saturated carbocycles. The first kappa shape index (κ1) is 14.5. The van der Waals surface area contributed by atoms with Crippen LogP contribution in [-0.4, -0.2) is 31.6 Å². The molecule has 1 unspecified atom stereocenters. The van der Waals surface area contributed by atoms with Gasteiger partial charge in [0.05, 0.1) is 6.61 Å². The monoisotopic (exact) mass is 262 g/mol. The average molecular weight is 262 g/mol. The minimum Gasteiger partial charge on any atom is -0.380 e. The van der Waals surface area contributed by atoms with Crippen LogP contribution in [0.3, 0.4) is 0 Å². The third-order valence-electron chi connectivity index (χ3n) is 3.91. The quantitative estimate of drug-likeness (QED) is 0.782. The minimum atomic E-state index is 0.336. The van der Waals surface area contributed by atoms with Gasteiger partial charge < -0.3 is 10.5 Å². The summed E-state index contributed by atoms with van der Waals surface area (Å²) >= 11 is 0. The van der Waals surface area contributed by atoms with Crippen LogP contribution in [-0.2, 0) is 11.3 Å². The van der Waals surface area contributed by atoms with Crippen LogP contribution in [0.5, 0.6) is 0 Å². The summed E-state index contributed by atoms with van der Waals surface area (Å²) in [5, 5.41) is 0. The minimum absolute atomic E-state index is 0.336. The molecule has 0 heterocycles. The summed E-state index contributed by atoms with van der Waals surface area (Å²) in [4.78, 5) is 2.52. The summed E-state index contributed by atoms with van der Waals surface area (Å²) < 4.78 is 5.21. The van der Waals surface area contributed by atoms with Gasteiger partial charge in [0.1, 0.15) is 0 Å². The van der Waals surface area contributed by atoms with E-state index in [1.165, 1.54) is 30.5 Å². The van der Waals surface area contributed by atoms with Gasteiger partial charge in [-0.1, -0.05) is 31.2 Å². The molecule has 19 heavy (non-hydrogen) atoms.